The van der Waals surface area contributed by atoms with Gasteiger partial charge in [-0.05, 0) is 36.7 Å². The third-order valence-corrected chi connectivity index (χ3v) is 2.72. The molecule has 100 valence electrons. The Balaban J connectivity index is 1.97. The maximum atomic E-state index is 11.9. The summed E-state index contributed by atoms with van der Waals surface area (Å²) in [5.41, 5.74) is 2.47. The zero-order valence-electron chi connectivity index (χ0n) is 11.0. The highest BCUT2D eigenvalue weighted by Gasteiger charge is 2.07. The number of amides is 1. The van der Waals surface area contributed by atoms with Crippen LogP contribution in [0.25, 0.3) is 0 Å². The quantitative estimate of drug-likeness (QED) is 0.783. The van der Waals surface area contributed by atoms with Crippen LogP contribution in [-0.2, 0) is 6.54 Å². The molecule has 0 saturated heterocycles. The summed E-state index contributed by atoms with van der Waals surface area (Å²) in [6.45, 7) is 3.93. The Morgan fingerprint density at radius 1 is 1.32 bits per heavy atom. The maximum absolute atomic E-state index is 11.9. The van der Waals surface area contributed by atoms with E-state index >= 15 is 0 Å². The lowest BCUT2D eigenvalue weighted by molar-refractivity contribution is 0.102. The normalized spacial score (nSPS) is 10.4. The Hall–Kier alpha value is -2.07. The lowest BCUT2D eigenvalue weighted by Gasteiger charge is -2.07. The topological polar surface area (TPSA) is 54.3 Å². The number of anilines is 1. The predicted molar refractivity (Wildman–Crippen MR) is 75.1 cm³/mol. The van der Waals surface area contributed by atoms with E-state index in [1.54, 1.807) is 6.07 Å². The van der Waals surface area contributed by atoms with Crippen molar-refractivity contribution in [2.75, 3.05) is 11.9 Å². The first-order valence-electron chi connectivity index (χ1n) is 6.43. The summed E-state index contributed by atoms with van der Waals surface area (Å²) in [5.74, 6) is -0.160. The molecule has 2 N–H and O–H groups in total. The molecular weight excluding hydrogens is 240 g/mol. The molecule has 2 aromatic rings. The van der Waals surface area contributed by atoms with Gasteiger partial charge < -0.3 is 15.1 Å². The lowest BCUT2D eigenvalue weighted by Crippen LogP contribution is -2.14. The first kappa shape index (κ1) is 13.4. The van der Waals surface area contributed by atoms with E-state index in [0.717, 1.165) is 30.8 Å². The number of hydrogen-bond acceptors (Lipinski definition) is 3. The van der Waals surface area contributed by atoms with Crippen LogP contribution in [0.2, 0.25) is 0 Å². The van der Waals surface area contributed by atoms with Gasteiger partial charge in [0.25, 0.3) is 5.91 Å². The molecule has 0 unspecified atom stereocenters. The minimum absolute atomic E-state index is 0.160. The summed E-state index contributed by atoms with van der Waals surface area (Å²) in [4.78, 5) is 11.9. The van der Waals surface area contributed by atoms with E-state index in [4.69, 9.17) is 4.42 Å². The second kappa shape index (κ2) is 6.75. The fourth-order valence-electron chi connectivity index (χ4n) is 1.77. The Labute approximate surface area is 112 Å². The number of furan rings is 1. The first-order chi connectivity index (χ1) is 9.29. The molecule has 0 bridgehead atoms. The van der Waals surface area contributed by atoms with Gasteiger partial charge in [-0.1, -0.05) is 19.1 Å². The monoisotopic (exact) mass is 258 g/mol. The van der Waals surface area contributed by atoms with E-state index in [1.807, 2.05) is 24.3 Å². The molecular formula is C15H18N2O2. The summed E-state index contributed by atoms with van der Waals surface area (Å²) in [5, 5.41) is 6.18. The van der Waals surface area contributed by atoms with Gasteiger partial charge in [-0.3, -0.25) is 4.79 Å². The summed E-state index contributed by atoms with van der Waals surface area (Å²) in [6.07, 6.45) is 4.03. The van der Waals surface area contributed by atoms with Gasteiger partial charge in [0.15, 0.2) is 0 Å². The highest BCUT2D eigenvalue weighted by molar-refractivity contribution is 6.03. The number of benzene rings is 1. The van der Waals surface area contributed by atoms with Gasteiger partial charge in [-0.2, -0.15) is 0 Å². The SMILES string of the molecule is CCCNCc1cccc(NC(=O)c2ccoc2)c1. The standard InChI is InChI=1S/C15H18N2O2/c1-2-7-16-10-12-4-3-5-14(9-12)17-15(18)13-6-8-19-11-13/h3-6,8-9,11,16H,2,7,10H2,1H3,(H,17,18). The van der Waals surface area contributed by atoms with Gasteiger partial charge in [0.2, 0.25) is 0 Å². The van der Waals surface area contributed by atoms with Crippen molar-refractivity contribution in [1.82, 2.24) is 5.32 Å². The molecule has 0 fully saturated rings. The van der Waals surface area contributed by atoms with Crippen LogP contribution in [0.3, 0.4) is 0 Å². The molecule has 0 aliphatic carbocycles. The van der Waals surface area contributed by atoms with Crippen LogP contribution < -0.4 is 10.6 Å². The van der Waals surface area contributed by atoms with Gasteiger partial charge in [0, 0.05) is 12.2 Å². The minimum atomic E-state index is -0.160. The fourth-order valence-corrected chi connectivity index (χ4v) is 1.77. The van der Waals surface area contributed by atoms with Crippen molar-refractivity contribution in [2.45, 2.75) is 19.9 Å². The van der Waals surface area contributed by atoms with E-state index in [0.29, 0.717) is 5.56 Å². The number of carbonyl (C=O) groups is 1. The summed E-state index contributed by atoms with van der Waals surface area (Å²) >= 11 is 0. The van der Waals surface area contributed by atoms with Crippen LogP contribution in [0, 0.1) is 0 Å². The average Bonchev–Trinajstić information content (AvgIpc) is 2.93. The molecule has 0 radical (unpaired) electrons. The number of nitrogens with one attached hydrogen (secondary N) is 2. The van der Waals surface area contributed by atoms with Crippen LogP contribution in [0.15, 0.2) is 47.3 Å². The summed E-state index contributed by atoms with van der Waals surface area (Å²) in [6, 6.07) is 9.47. The molecule has 1 heterocycles. The van der Waals surface area contributed by atoms with Crippen LogP contribution in [-0.4, -0.2) is 12.5 Å². The molecule has 2 rings (SSSR count). The highest BCUT2D eigenvalue weighted by Crippen LogP contribution is 2.12. The number of rotatable bonds is 6. The number of carbonyl (C=O) groups excluding carboxylic acids is 1. The van der Waals surface area contributed by atoms with Crippen molar-refractivity contribution in [3.63, 3.8) is 0 Å². The second-order valence-electron chi connectivity index (χ2n) is 4.34. The van der Waals surface area contributed by atoms with Crippen molar-refractivity contribution in [2.24, 2.45) is 0 Å². The third kappa shape index (κ3) is 3.96. The predicted octanol–water partition coefficient (Wildman–Crippen LogP) is 3.03. The van der Waals surface area contributed by atoms with Crippen molar-refractivity contribution in [1.29, 1.82) is 0 Å². The van der Waals surface area contributed by atoms with Gasteiger partial charge >= 0.3 is 0 Å². The van der Waals surface area contributed by atoms with E-state index in [9.17, 15) is 4.79 Å². The molecule has 0 aliphatic rings. The van der Waals surface area contributed by atoms with Crippen molar-refractivity contribution in [3.05, 3.63) is 54.0 Å². The largest absolute Gasteiger partial charge is 0.472 e. The van der Waals surface area contributed by atoms with E-state index < -0.39 is 0 Å². The Morgan fingerprint density at radius 2 is 2.21 bits per heavy atom. The second-order valence-corrected chi connectivity index (χ2v) is 4.34. The Bertz CT molecular complexity index is 521. The highest BCUT2D eigenvalue weighted by atomic mass is 16.3. The van der Waals surface area contributed by atoms with Crippen LogP contribution in [0.4, 0.5) is 5.69 Å². The molecule has 1 amide bonds. The molecule has 0 aliphatic heterocycles. The smallest absolute Gasteiger partial charge is 0.258 e. The third-order valence-electron chi connectivity index (χ3n) is 2.72. The van der Waals surface area contributed by atoms with E-state index in [1.165, 1.54) is 12.5 Å². The van der Waals surface area contributed by atoms with Crippen molar-refractivity contribution in [3.8, 4) is 0 Å². The molecule has 0 atom stereocenters. The molecule has 0 saturated carbocycles. The average molecular weight is 258 g/mol. The molecule has 1 aromatic carbocycles. The van der Waals surface area contributed by atoms with E-state index in [2.05, 4.69) is 17.6 Å². The van der Waals surface area contributed by atoms with Crippen LogP contribution in [0.5, 0.6) is 0 Å². The van der Waals surface area contributed by atoms with Gasteiger partial charge in [0.05, 0.1) is 11.8 Å². The molecule has 19 heavy (non-hydrogen) atoms. The summed E-state index contributed by atoms with van der Waals surface area (Å²) < 4.78 is 4.89. The summed E-state index contributed by atoms with van der Waals surface area (Å²) in [7, 11) is 0. The Morgan fingerprint density at radius 3 is 2.95 bits per heavy atom. The molecule has 1 aromatic heterocycles. The molecule has 4 heteroatoms. The zero-order valence-corrected chi connectivity index (χ0v) is 11.0. The van der Waals surface area contributed by atoms with Crippen molar-refractivity contribution >= 4 is 11.6 Å². The van der Waals surface area contributed by atoms with E-state index in [-0.39, 0.29) is 5.91 Å². The number of hydrogen-bond donors (Lipinski definition) is 2. The van der Waals surface area contributed by atoms with Gasteiger partial charge in [-0.15, -0.1) is 0 Å². The zero-order chi connectivity index (χ0) is 13.5. The van der Waals surface area contributed by atoms with Gasteiger partial charge in [-0.25, -0.2) is 0 Å². The van der Waals surface area contributed by atoms with Crippen LogP contribution in [0.1, 0.15) is 29.3 Å². The first-order valence-corrected chi connectivity index (χ1v) is 6.43. The lowest BCUT2D eigenvalue weighted by atomic mass is 10.2. The van der Waals surface area contributed by atoms with Crippen LogP contribution >= 0.6 is 0 Å². The molecule has 0 spiro atoms. The van der Waals surface area contributed by atoms with Crippen molar-refractivity contribution < 1.29 is 9.21 Å². The maximum Gasteiger partial charge on any atom is 0.258 e. The fraction of sp³-hybridized carbons (Fsp3) is 0.267. The molecule has 4 nitrogen and oxygen atoms in total. The van der Waals surface area contributed by atoms with Gasteiger partial charge in [0.1, 0.15) is 6.26 Å². The Kier molecular flexibility index (Phi) is 4.75. The minimum Gasteiger partial charge on any atom is -0.472 e.